The highest BCUT2D eigenvalue weighted by atomic mass is 32.1. The fraction of sp³-hybridized carbons (Fsp3) is 0.375. The molecule has 1 aromatic carbocycles. The van der Waals surface area contributed by atoms with Crippen LogP contribution in [0, 0.1) is 0 Å². The van der Waals surface area contributed by atoms with Crippen LogP contribution in [0.25, 0.3) is 10.9 Å². The van der Waals surface area contributed by atoms with E-state index in [1.165, 1.54) is 6.42 Å². The van der Waals surface area contributed by atoms with Crippen LogP contribution in [0.15, 0.2) is 30.3 Å². The third-order valence-corrected chi connectivity index (χ3v) is 4.35. The Morgan fingerprint density at radius 3 is 2.75 bits per heavy atom. The fourth-order valence-electron chi connectivity index (χ4n) is 2.99. The number of hydrogen-bond acceptors (Lipinski definition) is 3. The first-order valence-electron chi connectivity index (χ1n) is 6.96. The molecule has 0 saturated carbocycles. The van der Waals surface area contributed by atoms with Gasteiger partial charge in [-0.1, -0.05) is 30.4 Å². The molecule has 1 aromatic heterocycles. The largest absolute Gasteiger partial charge is 0.389 e. The molecule has 2 heterocycles. The summed E-state index contributed by atoms with van der Waals surface area (Å²) in [6.07, 6.45) is 2.34. The maximum absolute atomic E-state index is 5.93. The molecular formula is C16H19N3S. The average molecular weight is 285 g/mol. The monoisotopic (exact) mass is 285 g/mol. The molecule has 3 rings (SSSR count). The van der Waals surface area contributed by atoms with Crippen LogP contribution < -0.4 is 10.6 Å². The molecule has 0 spiro atoms. The number of benzene rings is 1. The molecule has 1 aliphatic rings. The summed E-state index contributed by atoms with van der Waals surface area (Å²) in [4.78, 5) is 7.59. The second-order valence-corrected chi connectivity index (χ2v) is 6.42. The molecule has 0 radical (unpaired) electrons. The third-order valence-electron chi connectivity index (χ3n) is 4.13. The zero-order valence-corrected chi connectivity index (χ0v) is 12.7. The van der Waals surface area contributed by atoms with Gasteiger partial charge in [-0.25, -0.2) is 4.98 Å². The van der Waals surface area contributed by atoms with Crippen LogP contribution in [0.5, 0.6) is 0 Å². The molecule has 104 valence electrons. The fourth-order valence-corrected chi connectivity index (χ4v) is 3.14. The van der Waals surface area contributed by atoms with E-state index in [1.54, 1.807) is 0 Å². The van der Waals surface area contributed by atoms with E-state index < -0.39 is 0 Å². The van der Waals surface area contributed by atoms with E-state index in [0.29, 0.717) is 4.99 Å². The van der Waals surface area contributed by atoms with Gasteiger partial charge in [0, 0.05) is 17.5 Å². The van der Waals surface area contributed by atoms with Gasteiger partial charge in [0.2, 0.25) is 0 Å². The molecule has 0 bridgehead atoms. The molecule has 20 heavy (non-hydrogen) atoms. The maximum atomic E-state index is 5.93. The Kier molecular flexibility index (Phi) is 3.13. The highest BCUT2D eigenvalue weighted by Crippen LogP contribution is 2.35. The van der Waals surface area contributed by atoms with Crippen molar-refractivity contribution in [1.29, 1.82) is 0 Å². The van der Waals surface area contributed by atoms with Gasteiger partial charge < -0.3 is 10.6 Å². The smallest absolute Gasteiger partial charge is 0.140 e. The molecular weight excluding hydrogens is 266 g/mol. The molecule has 0 aliphatic carbocycles. The number of rotatable bonds is 2. The lowest BCUT2D eigenvalue weighted by Gasteiger charge is -2.34. The van der Waals surface area contributed by atoms with Crippen molar-refractivity contribution in [2.24, 2.45) is 5.73 Å². The van der Waals surface area contributed by atoms with Gasteiger partial charge in [0.25, 0.3) is 0 Å². The van der Waals surface area contributed by atoms with Gasteiger partial charge >= 0.3 is 0 Å². The highest BCUT2D eigenvalue weighted by molar-refractivity contribution is 7.80. The zero-order valence-electron chi connectivity index (χ0n) is 11.9. The number of aromatic nitrogens is 1. The number of anilines is 1. The van der Waals surface area contributed by atoms with Crippen molar-refractivity contribution in [3.63, 3.8) is 0 Å². The summed E-state index contributed by atoms with van der Waals surface area (Å²) in [6.45, 7) is 5.51. The summed E-state index contributed by atoms with van der Waals surface area (Å²) in [5.41, 5.74) is 7.91. The molecule has 1 fully saturated rings. The van der Waals surface area contributed by atoms with Gasteiger partial charge in [0.15, 0.2) is 0 Å². The van der Waals surface area contributed by atoms with Crippen LogP contribution >= 0.6 is 12.2 Å². The lowest BCUT2D eigenvalue weighted by atomic mass is 10.0. The first-order valence-corrected chi connectivity index (χ1v) is 7.37. The summed E-state index contributed by atoms with van der Waals surface area (Å²) in [6, 6.07) is 10.2. The van der Waals surface area contributed by atoms with Crippen LogP contribution in [-0.4, -0.2) is 22.1 Å². The second-order valence-electron chi connectivity index (χ2n) is 5.98. The Bertz CT molecular complexity index is 678. The second kappa shape index (κ2) is 4.70. The lowest BCUT2D eigenvalue weighted by molar-refractivity contribution is 0.514. The van der Waals surface area contributed by atoms with Gasteiger partial charge in [0.05, 0.1) is 11.1 Å². The predicted molar refractivity (Wildman–Crippen MR) is 88.3 cm³/mol. The van der Waals surface area contributed by atoms with Crippen molar-refractivity contribution in [2.75, 3.05) is 11.4 Å². The Hall–Kier alpha value is -1.68. The van der Waals surface area contributed by atoms with Gasteiger partial charge in [-0.3, -0.25) is 0 Å². The van der Waals surface area contributed by atoms with Gasteiger partial charge in [-0.05, 0) is 38.8 Å². The molecule has 1 saturated heterocycles. The topological polar surface area (TPSA) is 42.2 Å². The third kappa shape index (κ3) is 2.14. The maximum Gasteiger partial charge on any atom is 0.140 e. The Morgan fingerprint density at radius 2 is 2.10 bits per heavy atom. The average Bonchev–Trinajstić information content (AvgIpc) is 2.76. The minimum absolute atomic E-state index is 0.106. The summed E-state index contributed by atoms with van der Waals surface area (Å²) in [5.74, 6) is 0.929. The summed E-state index contributed by atoms with van der Waals surface area (Å²) >= 11 is 5.23. The van der Waals surface area contributed by atoms with Crippen molar-refractivity contribution in [1.82, 2.24) is 4.98 Å². The van der Waals surface area contributed by atoms with E-state index in [2.05, 4.69) is 24.8 Å². The molecule has 3 nitrogen and oxygen atoms in total. The number of hydrogen-bond donors (Lipinski definition) is 1. The van der Waals surface area contributed by atoms with E-state index in [1.807, 2.05) is 24.3 Å². The standard InChI is InChI=1S/C16H19N3S/c1-16(2)8-5-9-19(16)15-12(14(17)20)10-11-6-3-4-7-13(11)18-15/h3-4,6-7,10H,5,8-9H2,1-2H3,(H2,17,20). The highest BCUT2D eigenvalue weighted by Gasteiger charge is 2.34. The molecule has 2 aromatic rings. The van der Waals surface area contributed by atoms with Gasteiger partial charge in [-0.2, -0.15) is 0 Å². The van der Waals surface area contributed by atoms with Crippen molar-refractivity contribution in [3.05, 3.63) is 35.9 Å². The van der Waals surface area contributed by atoms with Crippen LogP contribution in [0.1, 0.15) is 32.3 Å². The van der Waals surface area contributed by atoms with Crippen LogP contribution in [0.4, 0.5) is 5.82 Å². The van der Waals surface area contributed by atoms with E-state index in [0.717, 1.165) is 35.2 Å². The van der Waals surface area contributed by atoms with E-state index >= 15 is 0 Å². The SMILES string of the molecule is CC1(C)CCCN1c1nc2ccccc2cc1C(N)=S. The van der Waals surface area contributed by atoms with Crippen molar-refractivity contribution < 1.29 is 0 Å². The lowest BCUT2D eigenvalue weighted by Crippen LogP contribution is -2.40. The van der Waals surface area contributed by atoms with Crippen molar-refractivity contribution >= 4 is 33.9 Å². The minimum Gasteiger partial charge on any atom is -0.389 e. The normalized spacial score (nSPS) is 17.6. The quantitative estimate of drug-likeness (QED) is 0.860. The number of nitrogens with zero attached hydrogens (tertiary/aromatic N) is 2. The molecule has 0 unspecified atom stereocenters. The van der Waals surface area contributed by atoms with E-state index in [9.17, 15) is 0 Å². The Labute approximate surface area is 124 Å². The Balaban J connectivity index is 2.22. The summed E-state index contributed by atoms with van der Waals surface area (Å²) < 4.78 is 0. The Morgan fingerprint density at radius 1 is 1.35 bits per heavy atom. The number of fused-ring (bicyclic) bond motifs is 1. The molecule has 0 amide bonds. The summed E-state index contributed by atoms with van der Waals surface area (Å²) in [7, 11) is 0. The van der Waals surface area contributed by atoms with Crippen LogP contribution in [0.2, 0.25) is 0 Å². The first-order chi connectivity index (χ1) is 9.49. The molecule has 2 N–H and O–H groups in total. The van der Waals surface area contributed by atoms with Crippen LogP contribution in [0.3, 0.4) is 0 Å². The number of pyridine rings is 1. The van der Waals surface area contributed by atoms with Gasteiger partial charge in [-0.15, -0.1) is 0 Å². The molecule has 0 atom stereocenters. The van der Waals surface area contributed by atoms with Crippen molar-refractivity contribution in [3.8, 4) is 0 Å². The molecule has 1 aliphatic heterocycles. The summed E-state index contributed by atoms with van der Waals surface area (Å²) in [5, 5.41) is 1.08. The van der Waals surface area contributed by atoms with E-state index in [4.69, 9.17) is 22.9 Å². The number of para-hydroxylation sites is 1. The minimum atomic E-state index is 0.106. The first kappa shape index (κ1) is 13.3. The van der Waals surface area contributed by atoms with Crippen molar-refractivity contribution in [2.45, 2.75) is 32.2 Å². The number of nitrogens with two attached hydrogens (primary N) is 1. The zero-order chi connectivity index (χ0) is 14.3. The predicted octanol–water partition coefficient (Wildman–Crippen LogP) is 3.25. The number of thiocarbonyl (C=S) groups is 1. The van der Waals surface area contributed by atoms with Crippen LogP contribution in [-0.2, 0) is 0 Å². The molecule has 4 heteroatoms. The van der Waals surface area contributed by atoms with Gasteiger partial charge in [0.1, 0.15) is 10.8 Å². The van der Waals surface area contributed by atoms with E-state index in [-0.39, 0.29) is 5.54 Å².